The fourth-order valence-electron chi connectivity index (χ4n) is 3.08. The first kappa shape index (κ1) is 21.9. The fraction of sp³-hybridized carbons (Fsp3) is 0.450. The van der Waals surface area contributed by atoms with Gasteiger partial charge in [0.15, 0.2) is 0 Å². The number of carbonyl (C=O) groups is 1. The fourth-order valence-corrected chi connectivity index (χ4v) is 5.29. The van der Waals surface area contributed by atoms with E-state index in [1.807, 2.05) is 26.1 Å². The molecule has 0 bridgehead atoms. The van der Waals surface area contributed by atoms with Crippen LogP contribution >= 0.6 is 11.8 Å². The van der Waals surface area contributed by atoms with Gasteiger partial charge in [0.1, 0.15) is 5.76 Å². The molecule has 1 aliphatic heterocycles. The second kappa shape index (κ2) is 9.80. The summed E-state index contributed by atoms with van der Waals surface area (Å²) in [5.41, 5.74) is 1.15. The van der Waals surface area contributed by atoms with E-state index in [-0.39, 0.29) is 10.8 Å². The molecule has 1 aliphatic rings. The quantitative estimate of drug-likeness (QED) is 0.638. The van der Waals surface area contributed by atoms with Gasteiger partial charge in [-0.1, -0.05) is 6.07 Å². The van der Waals surface area contributed by atoms with E-state index in [2.05, 4.69) is 10.2 Å². The predicted octanol–water partition coefficient (Wildman–Crippen LogP) is 2.19. The highest BCUT2D eigenvalue weighted by atomic mass is 32.2. The van der Waals surface area contributed by atoms with Gasteiger partial charge in [-0.15, -0.1) is 0 Å². The van der Waals surface area contributed by atoms with Crippen LogP contribution in [0.4, 0.5) is 0 Å². The minimum atomic E-state index is -3.60. The van der Waals surface area contributed by atoms with Crippen LogP contribution in [0, 0.1) is 6.92 Å². The topological polar surface area (TPSA) is 82.9 Å². The third-order valence-electron chi connectivity index (χ3n) is 4.91. The normalized spacial score (nSPS) is 16.1. The number of amides is 1. The van der Waals surface area contributed by atoms with E-state index in [4.69, 9.17) is 4.42 Å². The number of carbonyl (C=O) groups excluding carboxylic acids is 1. The molecule has 0 unspecified atom stereocenters. The maximum absolute atomic E-state index is 13.0. The van der Waals surface area contributed by atoms with Crippen molar-refractivity contribution in [2.45, 2.75) is 17.6 Å². The monoisotopic (exact) mass is 437 g/mol. The molecule has 0 aliphatic carbocycles. The molecule has 29 heavy (non-hydrogen) atoms. The number of piperazine rings is 1. The van der Waals surface area contributed by atoms with Crippen LogP contribution in [-0.2, 0) is 15.8 Å². The Kier molecular flexibility index (Phi) is 7.39. The highest BCUT2D eigenvalue weighted by Gasteiger charge is 2.28. The average molecular weight is 438 g/mol. The molecule has 158 valence electrons. The highest BCUT2D eigenvalue weighted by Crippen LogP contribution is 2.21. The average Bonchev–Trinajstić information content (AvgIpc) is 3.21. The number of hydrogen-bond acceptors (Lipinski definition) is 6. The largest absolute Gasteiger partial charge is 0.468 e. The van der Waals surface area contributed by atoms with E-state index in [0.29, 0.717) is 38.3 Å². The minimum absolute atomic E-state index is 0.171. The first-order valence-corrected chi connectivity index (χ1v) is 12.1. The molecular weight excluding hydrogens is 410 g/mol. The second-order valence-corrected chi connectivity index (χ2v) is 10.1. The van der Waals surface area contributed by atoms with Crippen LogP contribution in [0.2, 0.25) is 0 Å². The lowest BCUT2D eigenvalue weighted by molar-refractivity contribution is 0.0955. The number of nitrogens with one attached hydrogen (secondary N) is 1. The molecule has 1 N–H and O–H groups in total. The van der Waals surface area contributed by atoms with Crippen molar-refractivity contribution < 1.29 is 17.6 Å². The summed E-state index contributed by atoms with van der Waals surface area (Å²) < 4.78 is 32.7. The summed E-state index contributed by atoms with van der Waals surface area (Å²) in [5, 5.41) is 2.88. The van der Waals surface area contributed by atoms with Gasteiger partial charge in [-0.25, -0.2) is 8.42 Å². The van der Waals surface area contributed by atoms with Crippen molar-refractivity contribution in [2.24, 2.45) is 0 Å². The number of likely N-dealkylation sites (N-methyl/N-ethyl adjacent to an activating group) is 1. The van der Waals surface area contributed by atoms with Gasteiger partial charge in [0.2, 0.25) is 10.0 Å². The Morgan fingerprint density at radius 2 is 1.97 bits per heavy atom. The molecule has 0 saturated carbocycles. The molecule has 1 amide bonds. The number of hydrogen-bond donors (Lipinski definition) is 1. The van der Waals surface area contributed by atoms with Gasteiger partial charge < -0.3 is 14.6 Å². The van der Waals surface area contributed by atoms with Crippen LogP contribution in [0.3, 0.4) is 0 Å². The van der Waals surface area contributed by atoms with Crippen molar-refractivity contribution in [3.63, 3.8) is 0 Å². The van der Waals surface area contributed by atoms with Crippen LogP contribution < -0.4 is 5.32 Å². The van der Waals surface area contributed by atoms with Crippen LogP contribution in [0.5, 0.6) is 0 Å². The molecule has 3 rings (SSSR count). The van der Waals surface area contributed by atoms with Crippen LogP contribution in [0.1, 0.15) is 21.7 Å². The summed E-state index contributed by atoms with van der Waals surface area (Å²) >= 11 is 1.66. The summed E-state index contributed by atoms with van der Waals surface area (Å²) in [4.78, 5) is 14.9. The van der Waals surface area contributed by atoms with Gasteiger partial charge in [-0.2, -0.15) is 16.1 Å². The molecule has 2 aromatic rings. The second-order valence-electron chi connectivity index (χ2n) is 7.07. The van der Waals surface area contributed by atoms with Gasteiger partial charge in [-0.3, -0.25) is 4.79 Å². The SMILES string of the molecule is Cc1ccc(S(=O)(=O)N2CCN(C)CC2)cc1C(=O)NCCSCc1ccco1. The Morgan fingerprint density at radius 1 is 1.21 bits per heavy atom. The van der Waals surface area contributed by atoms with Crippen LogP contribution in [-0.4, -0.2) is 69.1 Å². The van der Waals surface area contributed by atoms with E-state index >= 15 is 0 Å². The molecule has 1 aromatic carbocycles. The molecule has 2 heterocycles. The van der Waals surface area contributed by atoms with Gasteiger partial charge in [0.05, 0.1) is 16.9 Å². The minimum Gasteiger partial charge on any atom is -0.468 e. The smallest absolute Gasteiger partial charge is 0.251 e. The number of thioether (sulfide) groups is 1. The lowest BCUT2D eigenvalue weighted by Crippen LogP contribution is -2.47. The van der Waals surface area contributed by atoms with E-state index < -0.39 is 10.0 Å². The van der Waals surface area contributed by atoms with Gasteiger partial charge >= 0.3 is 0 Å². The summed E-state index contributed by atoms with van der Waals surface area (Å²) in [5.74, 6) is 2.14. The maximum Gasteiger partial charge on any atom is 0.251 e. The van der Waals surface area contributed by atoms with Crippen molar-refractivity contribution in [2.75, 3.05) is 45.5 Å². The number of furan rings is 1. The Morgan fingerprint density at radius 3 is 2.66 bits per heavy atom. The Labute approximate surface area is 176 Å². The number of nitrogens with zero attached hydrogens (tertiary/aromatic N) is 2. The molecule has 1 aromatic heterocycles. The van der Waals surface area contributed by atoms with Crippen molar-refractivity contribution in [1.29, 1.82) is 0 Å². The molecule has 0 atom stereocenters. The lowest BCUT2D eigenvalue weighted by Gasteiger charge is -2.31. The summed E-state index contributed by atoms with van der Waals surface area (Å²) in [6, 6.07) is 8.54. The first-order valence-electron chi connectivity index (χ1n) is 9.55. The summed E-state index contributed by atoms with van der Waals surface area (Å²) in [7, 11) is -1.62. The molecule has 1 saturated heterocycles. The Bertz CT molecular complexity index is 921. The third-order valence-corrected chi connectivity index (χ3v) is 7.79. The standard InChI is InChI=1S/C20H27N3O4S2/c1-16-5-6-18(29(25,26)23-10-8-22(2)9-11-23)14-19(16)20(24)21-7-13-28-15-17-4-3-12-27-17/h3-6,12,14H,7-11,13,15H2,1-2H3,(H,21,24). The van der Waals surface area contributed by atoms with Crippen molar-refractivity contribution >= 4 is 27.7 Å². The molecular formula is C20H27N3O4S2. The Hall–Kier alpha value is -1.81. The molecule has 0 radical (unpaired) electrons. The zero-order valence-corrected chi connectivity index (χ0v) is 18.4. The van der Waals surface area contributed by atoms with Crippen molar-refractivity contribution in [3.8, 4) is 0 Å². The third kappa shape index (κ3) is 5.63. The number of benzene rings is 1. The van der Waals surface area contributed by atoms with E-state index in [0.717, 1.165) is 22.8 Å². The Balaban J connectivity index is 1.59. The zero-order valence-electron chi connectivity index (χ0n) is 16.8. The zero-order chi connectivity index (χ0) is 20.9. The van der Waals surface area contributed by atoms with Crippen molar-refractivity contribution in [3.05, 3.63) is 53.5 Å². The lowest BCUT2D eigenvalue weighted by atomic mass is 10.1. The molecule has 7 nitrogen and oxygen atoms in total. The van der Waals surface area contributed by atoms with E-state index in [1.54, 1.807) is 30.2 Å². The predicted molar refractivity (Wildman–Crippen MR) is 115 cm³/mol. The van der Waals surface area contributed by atoms with Gasteiger partial charge in [0, 0.05) is 44.0 Å². The highest BCUT2D eigenvalue weighted by molar-refractivity contribution is 7.98. The summed E-state index contributed by atoms with van der Waals surface area (Å²) in [6.45, 7) is 4.64. The number of sulfonamides is 1. The van der Waals surface area contributed by atoms with Gasteiger partial charge in [0.25, 0.3) is 5.91 Å². The van der Waals surface area contributed by atoms with Crippen molar-refractivity contribution in [1.82, 2.24) is 14.5 Å². The van der Waals surface area contributed by atoms with Crippen LogP contribution in [0.15, 0.2) is 45.9 Å². The number of aryl methyl sites for hydroxylation is 1. The van der Waals surface area contributed by atoms with E-state index in [1.165, 1.54) is 10.4 Å². The van der Waals surface area contributed by atoms with E-state index in [9.17, 15) is 13.2 Å². The van der Waals surface area contributed by atoms with Crippen LogP contribution in [0.25, 0.3) is 0 Å². The molecule has 9 heteroatoms. The first-order chi connectivity index (χ1) is 13.9. The maximum atomic E-state index is 13.0. The van der Waals surface area contributed by atoms with Gasteiger partial charge in [-0.05, 0) is 43.8 Å². The number of rotatable bonds is 8. The summed E-state index contributed by atoms with van der Waals surface area (Å²) in [6.07, 6.45) is 1.64. The molecule has 0 spiro atoms. The molecule has 1 fully saturated rings.